The maximum Gasteiger partial charge on any atom is 0.287 e. The number of hydrogen-bond donors (Lipinski definition) is 1. The molecule has 4 rings (SSSR count). The Bertz CT molecular complexity index is 1100. The molecule has 5 nitrogen and oxygen atoms in total. The van der Waals surface area contributed by atoms with Gasteiger partial charge in [0.15, 0.2) is 11.3 Å². The average molecular weight is 380 g/mol. The van der Waals surface area contributed by atoms with E-state index in [4.69, 9.17) is 16.0 Å². The van der Waals surface area contributed by atoms with E-state index in [-0.39, 0.29) is 5.91 Å². The van der Waals surface area contributed by atoms with Gasteiger partial charge in [-0.1, -0.05) is 41.9 Å². The third kappa shape index (κ3) is 3.46. The predicted octanol–water partition coefficient (Wildman–Crippen LogP) is 4.55. The zero-order valence-corrected chi connectivity index (χ0v) is 15.5. The molecule has 0 radical (unpaired) electrons. The van der Waals surface area contributed by atoms with E-state index in [1.807, 2.05) is 66.5 Å². The first-order valence-electron chi connectivity index (χ1n) is 8.68. The molecule has 0 saturated heterocycles. The van der Waals surface area contributed by atoms with Crippen LogP contribution in [0.25, 0.3) is 16.7 Å². The summed E-state index contributed by atoms with van der Waals surface area (Å²) in [5.41, 5.74) is 3.39. The molecular formula is C21H18ClN3O2. The molecule has 2 heterocycles. The number of para-hydroxylation sites is 2. The first-order valence-corrected chi connectivity index (χ1v) is 9.06. The minimum atomic E-state index is -0.241. The number of benzene rings is 2. The van der Waals surface area contributed by atoms with E-state index in [0.29, 0.717) is 29.3 Å². The van der Waals surface area contributed by atoms with E-state index < -0.39 is 0 Å². The molecule has 1 amide bonds. The third-order valence-corrected chi connectivity index (χ3v) is 4.78. The van der Waals surface area contributed by atoms with Crippen LogP contribution in [0.1, 0.15) is 21.7 Å². The molecule has 0 saturated carbocycles. The monoisotopic (exact) mass is 379 g/mol. The molecule has 1 N–H and O–H groups in total. The first kappa shape index (κ1) is 17.4. The van der Waals surface area contributed by atoms with Crippen LogP contribution in [0.3, 0.4) is 0 Å². The number of carbonyl (C=O) groups excluding carboxylic acids is 1. The molecule has 0 aliphatic carbocycles. The van der Waals surface area contributed by atoms with Gasteiger partial charge in [-0.3, -0.25) is 4.79 Å². The Labute approximate surface area is 161 Å². The van der Waals surface area contributed by atoms with Crippen molar-refractivity contribution in [1.29, 1.82) is 0 Å². The van der Waals surface area contributed by atoms with Crippen molar-refractivity contribution < 1.29 is 9.21 Å². The lowest BCUT2D eigenvalue weighted by Crippen LogP contribution is -2.25. The normalized spacial score (nSPS) is 11.0. The lowest BCUT2D eigenvalue weighted by molar-refractivity contribution is 0.0928. The minimum absolute atomic E-state index is 0.241. The molecule has 2 aromatic carbocycles. The van der Waals surface area contributed by atoms with Crippen molar-refractivity contribution in [3.63, 3.8) is 0 Å². The third-order valence-electron chi connectivity index (χ3n) is 4.48. The molecular weight excluding hydrogens is 362 g/mol. The number of rotatable bonds is 5. The van der Waals surface area contributed by atoms with Gasteiger partial charge in [-0.05, 0) is 37.1 Å². The Morgan fingerprint density at radius 1 is 1.19 bits per heavy atom. The van der Waals surface area contributed by atoms with E-state index in [2.05, 4.69) is 10.4 Å². The molecule has 6 heteroatoms. The maximum absolute atomic E-state index is 12.5. The number of halogens is 1. The number of amides is 1. The fourth-order valence-corrected chi connectivity index (χ4v) is 3.25. The van der Waals surface area contributed by atoms with Crippen LogP contribution in [0.5, 0.6) is 0 Å². The van der Waals surface area contributed by atoms with Crippen molar-refractivity contribution in [2.24, 2.45) is 0 Å². The highest BCUT2D eigenvalue weighted by atomic mass is 35.5. The number of nitrogens with zero attached hydrogens (tertiary/aromatic N) is 2. The Hall–Kier alpha value is -3.05. The summed E-state index contributed by atoms with van der Waals surface area (Å²) in [5, 5.41) is 8.63. The van der Waals surface area contributed by atoms with E-state index >= 15 is 0 Å². The molecule has 4 aromatic rings. The van der Waals surface area contributed by atoms with Gasteiger partial charge in [0.1, 0.15) is 0 Å². The summed E-state index contributed by atoms with van der Waals surface area (Å²) < 4.78 is 7.52. The summed E-state index contributed by atoms with van der Waals surface area (Å²) in [4.78, 5) is 12.5. The van der Waals surface area contributed by atoms with Crippen LogP contribution >= 0.6 is 11.6 Å². The second-order valence-corrected chi connectivity index (χ2v) is 6.71. The van der Waals surface area contributed by atoms with Crippen LogP contribution in [0.2, 0.25) is 5.02 Å². The Kier molecular flexibility index (Phi) is 4.69. The van der Waals surface area contributed by atoms with Crippen molar-refractivity contribution in [1.82, 2.24) is 15.1 Å². The van der Waals surface area contributed by atoms with E-state index in [1.165, 1.54) is 0 Å². The van der Waals surface area contributed by atoms with Crippen molar-refractivity contribution in [2.45, 2.75) is 13.3 Å². The van der Waals surface area contributed by atoms with Crippen LogP contribution in [-0.2, 0) is 6.42 Å². The van der Waals surface area contributed by atoms with Crippen LogP contribution in [0.15, 0.2) is 65.3 Å². The first-order chi connectivity index (χ1) is 13.1. The standard InChI is InChI=1S/C21H18ClN3O2/c1-14-17-8-5-9-18(22)20(17)27-19(14)21(26)23-11-10-15-12-24-25(13-15)16-6-3-2-4-7-16/h2-9,12-13H,10-11H2,1H3,(H,23,26). The number of aromatic nitrogens is 2. The molecule has 0 aliphatic heterocycles. The van der Waals surface area contributed by atoms with Crippen molar-refractivity contribution in [3.8, 4) is 5.69 Å². The number of nitrogens with one attached hydrogen (secondary N) is 1. The molecule has 0 unspecified atom stereocenters. The van der Waals surface area contributed by atoms with Crippen LogP contribution in [0.4, 0.5) is 0 Å². The summed E-state index contributed by atoms with van der Waals surface area (Å²) in [7, 11) is 0. The highest BCUT2D eigenvalue weighted by molar-refractivity contribution is 6.35. The molecule has 0 fully saturated rings. The summed E-state index contributed by atoms with van der Waals surface area (Å²) in [6.07, 6.45) is 4.46. The van der Waals surface area contributed by atoms with Crippen molar-refractivity contribution >= 4 is 28.5 Å². The van der Waals surface area contributed by atoms with Gasteiger partial charge < -0.3 is 9.73 Å². The minimum Gasteiger partial charge on any atom is -0.449 e. The van der Waals surface area contributed by atoms with Gasteiger partial charge in [0.05, 0.1) is 16.9 Å². The van der Waals surface area contributed by atoms with Gasteiger partial charge in [-0.2, -0.15) is 5.10 Å². The van der Waals surface area contributed by atoms with Gasteiger partial charge in [0, 0.05) is 23.7 Å². The number of hydrogen-bond acceptors (Lipinski definition) is 3. The average Bonchev–Trinajstić information content (AvgIpc) is 3.29. The second-order valence-electron chi connectivity index (χ2n) is 6.31. The second kappa shape index (κ2) is 7.29. The van der Waals surface area contributed by atoms with Crippen LogP contribution < -0.4 is 5.32 Å². The molecule has 136 valence electrons. The van der Waals surface area contributed by atoms with Gasteiger partial charge in [0.25, 0.3) is 5.91 Å². The summed E-state index contributed by atoms with van der Waals surface area (Å²) >= 11 is 6.15. The van der Waals surface area contributed by atoms with Gasteiger partial charge >= 0.3 is 0 Å². The summed E-state index contributed by atoms with van der Waals surface area (Å²) in [6, 6.07) is 15.4. The fraction of sp³-hybridized carbons (Fsp3) is 0.143. The number of carbonyl (C=O) groups is 1. The topological polar surface area (TPSA) is 60.1 Å². The molecule has 0 spiro atoms. The van der Waals surface area contributed by atoms with Gasteiger partial charge in [-0.25, -0.2) is 4.68 Å². The number of furan rings is 1. The smallest absolute Gasteiger partial charge is 0.287 e. The Morgan fingerprint density at radius 2 is 2.00 bits per heavy atom. The highest BCUT2D eigenvalue weighted by Crippen LogP contribution is 2.30. The fourth-order valence-electron chi connectivity index (χ4n) is 3.04. The van der Waals surface area contributed by atoms with Crippen molar-refractivity contribution in [2.75, 3.05) is 6.54 Å². The largest absolute Gasteiger partial charge is 0.449 e. The lowest BCUT2D eigenvalue weighted by atomic mass is 10.1. The quantitative estimate of drug-likeness (QED) is 0.553. The maximum atomic E-state index is 12.5. The summed E-state index contributed by atoms with van der Waals surface area (Å²) in [6.45, 7) is 2.35. The summed E-state index contributed by atoms with van der Waals surface area (Å²) in [5.74, 6) is 0.0632. The molecule has 0 atom stereocenters. The molecule has 2 aromatic heterocycles. The highest BCUT2D eigenvalue weighted by Gasteiger charge is 2.18. The van der Waals surface area contributed by atoms with Gasteiger partial charge in [0.2, 0.25) is 0 Å². The van der Waals surface area contributed by atoms with Crippen molar-refractivity contribution in [3.05, 3.63) is 82.8 Å². The van der Waals surface area contributed by atoms with Crippen LogP contribution in [-0.4, -0.2) is 22.2 Å². The zero-order valence-electron chi connectivity index (χ0n) is 14.8. The van der Waals surface area contributed by atoms with Crippen LogP contribution in [0, 0.1) is 6.92 Å². The molecule has 27 heavy (non-hydrogen) atoms. The molecule has 0 aliphatic rings. The van der Waals surface area contributed by atoms with E-state index in [0.717, 1.165) is 22.2 Å². The Morgan fingerprint density at radius 3 is 2.78 bits per heavy atom. The zero-order chi connectivity index (χ0) is 18.8. The Balaban J connectivity index is 1.41. The van der Waals surface area contributed by atoms with E-state index in [1.54, 1.807) is 6.07 Å². The SMILES string of the molecule is Cc1c(C(=O)NCCc2cnn(-c3ccccc3)c2)oc2c(Cl)cccc12. The number of fused-ring (bicyclic) bond motifs is 1. The predicted molar refractivity (Wildman–Crippen MR) is 106 cm³/mol. The number of aryl methyl sites for hydroxylation is 1. The van der Waals surface area contributed by atoms with E-state index in [9.17, 15) is 4.79 Å². The lowest BCUT2D eigenvalue weighted by Gasteiger charge is -2.03. The molecule has 0 bridgehead atoms. The van der Waals surface area contributed by atoms with Gasteiger partial charge in [-0.15, -0.1) is 0 Å².